The fourth-order valence-corrected chi connectivity index (χ4v) is 2.14. The predicted octanol–water partition coefficient (Wildman–Crippen LogP) is 1.34. The summed E-state index contributed by atoms with van der Waals surface area (Å²) in [6.07, 6.45) is 1.33. The van der Waals surface area contributed by atoms with Crippen LogP contribution in [0.25, 0.3) is 0 Å². The van der Waals surface area contributed by atoms with Crippen LogP contribution in [0, 0.1) is 5.92 Å². The van der Waals surface area contributed by atoms with Gasteiger partial charge in [0.15, 0.2) is 0 Å². The van der Waals surface area contributed by atoms with Crippen LogP contribution in [0.2, 0.25) is 0 Å². The topological polar surface area (TPSA) is 24.5 Å². The second kappa shape index (κ2) is 7.20. The van der Waals surface area contributed by atoms with E-state index in [0.717, 1.165) is 32.2 Å². The lowest BCUT2D eigenvalue weighted by Gasteiger charge is -2.26. The minimum absolute atomic E-state index is 0.687. The molecule has 0 aromatic carbocycles. The van der Waals surface area contributed by atoms with Crippen molar-refractivity contribution in [2.75, 3.05) is 39.4 Å². The van der Waals surface area contributed by atoms with Crippen molar-refractivity contribution in [2.24, 2.45) is 5.92 Å². The third-order valence-electron chi connectivity index (χ3n) is 3.35. The largest absolute Gasteiger partial charge is 0.380 e. The Hall–Kier alpha value is -0.120. The van der Waals surface area contributed by atoms with Gasteiger partial charge in [0.25, 0.3) is 0 Å². The first-order valence-electron chi connectivity index (χ1n) is 6.31. The van der Waals surface area contributed by atoms with E-state index in [9.17, 15) is 0 Å². The molecule has 2 unspecified atom stereocenters. The molecule has 1 saturated heterocycles. The summed E-state index contributed by atoms with van der Waals surface area (Å²) < 4.78 is 5.40. The highest BCUT2D eigenvalue weighted by Gasteiger charge is 2.23. The van der Waals surface area contributed by atoms with Crippen molar-refractivity contribution in [3.63, 3.8) is 0 Å². The smallest absolute Gasteiger partial charge is 0.0593 e. The quantitative estimate of drug-likeness (QED) is 0.647. The Bertz CT molecular complexity index is 164. The van der Waals surface area contributed by atoms with Crippen LogP contribution >= 0.6 is 0 Å². The third-order valence-corrected chi connectivity index (χ3v) is 3.35. The van der Waals surface area contributed by atoms with E-state index in [0.29, 0.717) is 6.04 Å². The molecule has 1 aliphatic heterocycles. The molecular weight excluding hydrogens is 188 g/mol. The molecule has 0 spiro atoms. The zero-order chi connectivity index (χ0) is 11.1. The molecule has 0 saturated carbocycles. The number of nitrogens with zero attached hydrogens (tertiary/aromatic N) is 1. The molecule has 0 radical (unpaired) electrons. The van der Waals surface area contributed by atoms with Crippen molar-refractivity contribution in [1.29, 1.82) is 0 Å². The molecule has 0 aromatic heterocycles. The standard InChI is InChI=1S/C12H26N2O/c1-4-14(8-9-15-5-2)10-12-11(3)6-7-13-12/h11-13H,4-10H2,1-3H3. The summed E-state index contributed by atoms with van der Waals surface area (Å²) in [4.78, 5) is 2.48. The monoisotopic (exact) mass is 214 g/mol. The Morgan fingerprint density at radius 3 is 2.73 bits per heavy atom. The van der Waals surface area contributed by atoms with Gasteiger partial charge in [-0.15, -0.1) is 0 Å². The molecular formula is C12H26N2O. The molecule has 90 valence electrons. The summed E-state index contributed by atoms with van der Waals surface area (Å²) in [5.74, 6) is 0.825. The zero-order valence-electron chi connectivity index (χ0n) is 10.5. The highest BCUT2D eigenvalue weighted by Crippen LogP contribution is 2.15. The third kappa shape index (κ3) is 4.49. The van der Waals surface area contributed by atoms with Gasteiger partial charge in [-0.05, 0) is 32.4 Å². The van der Waals surface area contributed by atoms with Crippen LogP contribution in [-0.4, -0.2) is 50.3 Å². The van der Waals surface area contributed by atoms with Crippen molar-refractivity contribution in [3.8, 4) is 0 Å². The Morgan fingerprint density at radius 2 is 2.20 bits per heavy atom. The summed E-state index contributed by atoms with van der Waals surface area (Å²) in [6, 6.07) is 0.687. The highest BCUT2D eigenvalue weighted by molar-refractivity contribution is 4.83. The van der Waals surface area contributed by atoms with E-state index >= 15 is 0 Å². The van der Waals surface area contributed by atoms with Crippen LogP contribution in [0.4, 0.5) is 0 Å². The van der Waals surface area contributed by atoms with Crippen molar-refractivity contribution >= 4 is 0 Å². The predicted molar refractivity (Wildman–Crippen MR) is 64.2 cm³/mol. The summed E-state index contributed by atoms with van der Waals surface area (Å²) in [7, 11) is 0. The summed E-state index contributed by atoms with van der Waals surface area (Å²) >= 11 is 0. The molecule has 15 heavy (non-hydrogen) atoms. The van der Waals surface area contributed by atoms with Gasteiger partial charge in [-0.25, -0.2) is 0 Å². The van der Waals surface area contributed by atoms with Gasteiger partial charge in [0, 0.05) is 25.7 Å². The van der Waals surface area contributed by atoms with Gasteiger partial charge in [-0.1, -0.05) is 13.8 Å². The van der Waals surface area contributed by atoms with Crippen LogP contribution in [-0.2, 0) is 4.74 Å². The maximum Gasteiger partial charge on any atom is 0.0593 e. The second-order valence-corrected chi connectivity index (χ2v) is 4.42. The van der Waals surface area contributed by atoms with E-state index < -0.39 is 0 Å². The van der Waals surface area contributed by atoms with Gasteiger partial charge in [-0.2, -0.15) is 0 Å². The highest BCUT2D eigenvalue weighted by atomic mass is 16.5. The normalized spacial score (nSPS) is 26.4. The number of ether oxygens (including phenoxy) is 1. The molecule has 1 aliphatic rings. The molecule has 0 aliphatic carbocycles. The minimum atomic E-state index is 0.687. The molecule has 0 bridgehead atoms. The van der Waals surface area contributed by atoms with Crippen molar-refractivity contribution < 1.29 is 4.74 Å². The van der Waals surface area contributed by atoms with Crippen molar-refractivity contribution in [2.45, 2.75) is 33.2 Å². The van der Waals surface area contributed by atoms with Gasteiger partial charge in [0.1, 0.15) is 0 Å². The Labute approximate surface area is 94.2 Å². The maximum absolute atomic E-state index is 5.40. The van der Waals surface area contributed by atoms with Crippen molar-refractivity contribution in [3.05, 3.63) is 0 Å². The van der Waals surface area contributed by atoms with Gasteiger partial charge < -0.3 is 10.1 Å². The molecule has 1 fully saturated rings. The molecule has 1 rings (SSSR count). The maximum atomic E-state index is 5.40. The number of hydrogen-bond donors (Lipinski definition) is 1. The molecule has 3 nitrogen and oxygen atoms in total. The SMILES string of the molecule is CCOCCN(CC)CC1NCCC1C. The van der Waals surface area contributed by atoms with Crippen molar-refractivity contribution in [1.82, 2.24) is 10.2 Å². The van der Waals surface area contributed by atoms with Gasteiger partial charge >= 0.3 is 0 Å². The van der Waals surface area contributed by atoms with E-state index in [2.05, 4.69) is 31.0 Å². The lowest BCUT2D eigenvalue weighted by molar-refractivity contribution is 0.110. The van der Waals surface area contributed by atoms with E-state index in [4.69, 9.17) is 4.74 Å². The molecule has 0 aromatic rings. The second-order valence-electron chi connectivity index (χ2n) is 4.42. The van der Waals surface area contributed by atoms with E-state index in [1.54, 1.807) is 0 Å². The molecule has 1 heterocycles. The number of hydrogen-bond acceptors (Lipinski definition) is 3. The number of nitrogens with one attached hydrogen (secondary N) is 1. The van der Waals surface area contributed by atoms with Crippen LogP contribution in [0.3, 0.4) is 0 Å². The number of likely N-dealkylation sites (N-methyl/N-ethyl adjacent to an activating group) is 1. The fraction of sp³-hybridized carbons (Fsp3) is 1.00. The lowest BCUT2D eigenvalue weighted by atomic mass is 10.0. The van der Waals surface area contributed by atoms with Gasteiger partial charge in [0.2, 0.25) is 0 Å². The summed E-state index contributed by atoms with van der Waals surface area (Å²) in [6.45, 7) is 12.9. The summed E-state index contributed by atoms with van der Waals surface area (Å²) in [5, 5.41) is 3.58. The van der Waals surface area contributed by atoms with Crippen LogP contribution in [0.15, 0.2) is 0 Å². The van der Waals surface area contributed by atoms with E-state index in [1.165, 1.54) is 19.5 Å². The Balaban J connectivity index is 2.20. The van der Waals surface area contributed by atoms with Crippen LogP contribution < -0.4 is 5.32 Å². The molecule has 3 heteroatoms. The molecule has 1 N–H and O–H groups in total. The molecule has 0 amide bonds. The first-order chi connectivity index (χ1) is 7.27. The first-order valence-corrected chi connectivity index (χ1v) is 6.31. The average molecular weight is 214 g/mol. The zero-order valence-corrected chi connectivity index (χ0v) is 10.5. The van der Waals surface area contributed by atoms with E-state index in [-0.39, 0.29) is 0 Å². The van der Waals surface area contributed by atoms with Crippen LogP contribution in [0.5, 0.6) is 0 Å². The molecule has 2 atom stereocenters. The van der Waals surface area contributed by atoms with Crippen LogP contribution in [0.1, 0.15) is 27.2 Å². The fourth-order valence-electron chi connectivity index (χ4n) is 2.14. The average Bonchev–Trinajstić information content (AvgIpc) is 2.63. The minimum Gasteiger partial charge on any atom is -0.380 e. The Kier molecular flexibility index (Phi) is 6.22. The number of rotatable bonds is 7. The lowest BCUT2D eigenvalue weighted by Crippen LogP contribution is -2.41. The van der Waals surface area contributed by atoms with E-state index in [1.807, 2.05) is 0 Å². The van der Waals surface area contributed by atoms with Gasteiger partial charge in [-0.3, -0.25) is 4.90 Å². The summed E-state index contributed by atoms with van der Waals surface area (Å²) in [5.41, 5.74) is 0. The first kappa shape index (κ1) is 12.9. The van der Waals surface area contributed by atoms with Gasteiger partial charge in [0.05, 0.1) is 6.61 Å². The Morgan fingerprint density at radius 1 is 1.40 bits per heavy atom.